The maximum absolute atomic E-state index is 13.0. The highest BCUT2D eigenvalue weighted by Crippen LogP contribution is 2.21. The summed E-state index contributed by atoms with van der Waals surface area (Å²) in [5, 5.41) is 3.05. The van der Waals surface area contributed by atoms with Gasteiger partial charge in [-0.25, -0.2) is 0 Å². The van der Waals surface area contributed by atoms with Crippen molar-refractivity contribution in [2.75, 3.05) is 19.6 Å². The zero-order valence-electron chi connectivity index (χ0n) is 16.9. The van der Waals surface area contributed by atoms with Crippen molar-refractivity contribution in [3.05, 3.63) is 84.4 Å². The highest BCUT2D eigenvalue weighted by Gasteiger charge is 2.28. The van der Waals surface area contributed by atoms with Crippen LogP contribution in [-0.4, -0.2) is 45.9 Å². The lowest BCUT2D eigenvalue weighted by Gasteiger charge is -2.31. The molecule has 154 valence electrons. The second kappa shape index (κ2) is 9.39. The first kappa shape index (κ1) is 19.9. The van der Waals surface area contributed by atoms with Gasteiger partial charge in [-0.3, -0.25) is 14.6 Å². The van der Waals surface area contributed by atoms with Gasteiger partial charge >= 0.3 is 0 Å². The summed E-state index contributed by atoms with van der Waals surface area (Å²) in [5.41, 5.74) is 2.70. The Kier molecular flexibility index (Phi) is 6.23. The van der Waals surface area contributed by atoms with E-state index in [2.05, 4.69) is 22.4 Å². The molecule has 1 aliphatic heterocycles. The first-order chi connectivity index (χ1) is 14.7. The maximum atomic E-state index is 13.0. The van der Waals surface area contributed by atoms with E-state index < -0.39 is 0 Å². The van der Waals surface area contributed by atoms with E-state index in [-0.39, 0.29) is 17.7 Å². The number of carbonyl (C=O) groups excluding carboxylic acids is 2. The van der Waals surface area contributed by atoms with Crippen LogP contribution in [-0.2, 0) is 11.2 Å². The highest BCUT2D eigenvalue weighted by atomic mass is 16.2. The molecule has 0 atom stereocenters. The van der Waals surface area contributed by atoms with E-state index in [0.29, 0.717) is 38.2 Å². The molecule has 2 aromatic heterocycles. The van der Waals surface area contributed by atoms with Crippen LogP contribution < -0.4 is 5.32 Å². The topological polar surface area (TPSA) is 67.2 Å². The normalized spacial score (nSPS) is 14.5. The number of likely N-dealkylation sites (tertiary alicyclic amines) is 1. The SMILES string of the molecule is O=C(NCCc1ccccc1)C1CCN(C(=O)c2cccn2-c2cccnc2)CC1. The standard InChI is InChI=1S/C24H26N4O2/c29-23(26-14-10-19-6-2-1-3-7-19)20-11-16-27(17-12-20)24(30)22-9-5-15-28(22)21-8-4-13-25-18-21/h1-9,13,15,18,20H,10-12,14,16-17H2,(H,26,29). The van der Waals surface area contributed by atoms with Gasteiger partial charge in [-0.2, -0.15) is 0 Å². The fourth-order valence-corrected chi connectivity index (χ4v) is 3.90. The number of hydrogen-bond acceptors (Lipinski definition) is 3. The van der Waals surface area contributed by atoms with Crippen molar-refractivity contribution in [2.45, 2.75) is 19.3 Å². The average molecular weight is 402 g/mol. The average Bonchev–Trinajstić information content (AvgIpc) is 3.30. The summed E-state index contributed by atoms with van der Waals surface area (Å²) in [7, 11) is 0. The van der Waals surface area contributed by atoms with E-state index in [9.17, 15) is 9.59 Å². The molecule has 3 aromatic rings. The molecule has 4 rings (SSSR count). The minimum atomic E-state index is -0.0325. The smallest absolute Gasteiger partial charge is 0.270 e. The van der Waals surface area contributed by atoms with Crippen LogP contribution in [0.1, 0.15) is 28.9 Å². The predicted octanol–water partition coefficient (Wildman–Crippen LogP) is 3.08. The summed E-state index contributed by atoms with van der Waals surface area (Å²) in [6.45, 7) is 1.82. The number of hydrogen-bond donors (Lipinski definition) is 1. The number of nitrogens with zero attached hydrogens (tertiary/aromatic N) is 3. The van der Waals surface area contributed by atoms with Crippen LogP contribution in [0.15, 0.2) is 73.2 Å². The molecule has 0 saturated carbocycles. The van der Waals surface area contributed by atoms with Crippen molar-refractivity contribution in [3.8, 4) is 5.69 Å². The van der Waals surface area contributed by atoms with Gasteiger partial charge < -0.3 is 14.8 Å². The summed E-state index contributed by atoms with van der Waals surface area (Å²) < 4.78 is 1.86. The van der Waals surface area contributed by atoms with E-state index >= 15 is 0 Å². The molecule has 2 amide bonds. The first-order valence-electron chi connectivity index (χ1n) is 10.4. The van der Waals surface area contributed by atoms with Crippen molar-refractivity contribution in [2.24, 2.45) is 5.92 Å². The Hall–Kier alpha value is -3.41. The molecule has 1 aromatic carbocycles. The molecule has 1 N–H and O–H groups in total. The Morgan fingerprint density at radius 1 is 1.00 bits per heavy atom. The molecule has 0 bridgehead atoms. The minimum absolute atomic E-state index is 0.00760. The second-order valence-electron chi connectivity index (χ2n) is 7.57. The lowest BCUT2D eigenvalue weighted by atomic mass is 9.95. The second-order valence-corrected chi connectivity index (χ2v) is 7.57. The van der Waals surface area contributed by atoms with Crippen molar-refractivity contribution < 1.29 is 9.59 Å². The Morgan fingerprint density at radius 3 is 2.53 bits per heavy atom. The van der Waals surface area contributed by atoms with Crippen molar-refractivity contribution in [3.63, 3.8) is 0 Å². The van der Waals surface area contributed by atoms with Crippen LogP contribution in [0.2, 0.25) is 0 Å². The number of piperidine rings is 1. The summed E-state index contributed by atoms with van der Waals surface area (Å²) >= 11 is 0. The Bertz CT molecular complexity index is 977. The molecule has 1 fully saturated rings. The zero-order chi connectivity index (χ0) is 20.8. The molecule has 1 saturated heterocycles. The van der Waals surface area contributed by atoms with Gasteiger partial charge in [0.2, 0.25) is 5.91 Å². The monoisotopic (exact) mass is 402 g/mol. The number of nitrogens with one attached hydrogen (secondary N) is 1. The van der Waals surface area contributed by atoms with Gasteiger partial charge in [0.05, 0.1) is 11.9 Å². The van der Waals surface area contributed by atoms with E-state index in [1.165, 1.54) is 5.56 Å². The van der Waals surface area contributed by atoms with E-state index in [1.807, 2.05) is 58.1 Å². The van der Waals surface area contributed by atoms with E-state index in [4.69, 9.17) is 0 Å². The van der Waals surface area contributed by atoms with Crippen molar-refractivity contribution in [1.82, 2.24) is 19.8 Å². The van der Waals surface area contributed by atoms with Crippen molar-refractivity contribution >= 4 is 11.8 Å². The molecule has 0 unspecified atom stereocenters. The van der Waals surface area contributed by atoms with Gasteiger partial charge in [0.15, 0.2) is 0 Å². The largest absolute Gasteiger partial charge is 0.356 e. The van der Waals surface area contributed by atoms with Crippen LogP contribution in [0.4, 0.5) is 0 Å². The summed E-state index contributed by atoms with van der Waals surface area (Å²) in [5.74, 6) is 0.0542. The number of rotatable bonds is 6. The van der Waals surface area contributed by atoms with Gasteiger partial charge in [-0.15, -0.1) is 0 Å². The number of pyridine rings is 1. The Labute approximate surface area is 176 Å². The van der Waals surface area contributed by atoms with Crippen LogP contribution in [0, 0.1) is 5.92 Å². The molecule has 1 aliphatic rings. The zero-order valence-corrected chi connectivity index (χ0v) is 16.9. The molecule has 0 spiro atoms. The molecule has 6 nitrogen and oxygen atoms in total. The predicted molar refractivity (Wildman–Crippen MR) is 115 cm³/mol. The first-order valence-corrected chi connectivity index (χ1v) is 10.4. The molecule has 30 heavy (non-hydrogen) atoms. The van der Waals surface area contributed by atoms with Gasteiger partial charge in [-0.05, 0) is 49.1 Å². The molecule has 6 heteroatoms. The third-order valence-corrected chi connectivity index (χ3v) is 5.60. The van der Waals surface area contributed by atoms with Gasteiger partial charge in [0.1, 0.15) is 5.69 Å². The maximum Gasteiger partial charge on any atom is 0.270 e. The van der Waals surface area contributed by atoms with Gasteiger partial charge in [-0.1, -0.05) is 30.3 Å². The molecule has 0 radical (unpaired) electrons. The van der Waals surface area contributed by atoms with Crippen molar-refractivity contribution in [1.29, 1.82) is 0 Å². The third kappa shape index (κ3) is 4.59. The number of amides is 2. The van der Waals surface area contributed by atoms with Crippen LogP contribution in [0.3, 0.4) is 0 Å². The summed E-state index contributed by atoms with van der Waals surface area (Å²) in [6, 6.07) is 17.6. The fourth-order valence-electron chi connectivity index (χ4n) is 3.90. The number of benzene rings is 1. The molecular formula is C24H26N4O2. The van der Waals surface area contributed by atoms with Gasteiger partial charge in [0, 0.05) is 37.9 Å². The minimum Gasteiger partial charge on any atom is -0.356 e. The van der Waals surface area contributed by atoms with Crippen LogP contribution in [0.25, 0.3) is 5.69 Å². The number of aromatic nitrogens is 2. The third-order valence-electron chi connectivity index (χ3n) is 5.60. The lowest BCUT2D eigenvalue weighted by Crippen LogP contribution is -2.43. The Morgan fingerprint density at radius 2 is 1.80 bits per heavy atom. The molecule has 0 aliphatic carbocycles. The quantitative estimate of drug-likeness (QED) is 0.689. The molecule has 3 heterocycles. The Balaban J connectivity index is 1.29. The summed E-state index contributed by atoms with van der Waals surface area (Å²) in [6.07, 6.45) is 7.53. The van der Waals surface area contributed by atoms with Crippen LogP contribution >= 0.6 is 0 Å². The number of carbonyl (C=O) groups is 2. The summed E-state index contributed by atoms with van der Waals surface area (Å²) in [4.78, 5) is 31.5. The van der Waals surface area contributed by atoms with E-state index in [1.54, 1.807) is 12.4 Å². The van der Waals surface area contributed by atoms with E-state index in [0.717, 1.165) is 12.1 Å². The van der Waals surface area contributed by atoms with Gasteiger partial charge in [0.25, 0.3) is 5.91 Å². The van der Waals surface area contributed by atoms with Crippen LogP contribution in [0.5, 0.6) is 0 Å². The lowest BCUT2D eigenvalue weighted by molar-refractivity contribution is -0.126. The molecular weight excluding hydrogens is 376 g/mol. The highest BCUT2D eigenvalue weighted by molar-refractivity contribution is 5.93. The fraction of sp³-hybridized carbons (Fsp3) is 0.292.